The fourth-order valence-electron chi connectivity index (χ4n) is 1.53. The summed E-state index contributed by atoms with van der Waals surface area (Å²) in [6.07, 6.45) is 1.56. The molecular formula is C14H15BrClN3O2. The first-order valence-electron chi connectivity index (χ1n) is 6.01. The summed E-state index contributed by atoms with van der Waals surface area (Å²) in [5.41, 5.74) is 0.631. The number of anilines is 1. The summed E-state index contributed by atoms with van der Waals surface area (Å²) in [6, 6.07) is 10.9. The number of halogens is 2. The summed E-state index contributed by atoms with van der Waals surface area (Å²) >= 11 is 3.38. The molecule has 0 aliphatic heterocycles. The quantitative estimate of drug-likeness (QED) is 0.846. The van der Waals surface area contributed by atoms with Gasteiger partial charge in [-0.2, -0.15) is 0 Å². The van der Waals surface area contributed by atoms with Gasteiger partial charge >= 0.3 is 0 Å². The van der Waals surface area contributed by atoms with Crippen LogP contribution in [0.1, 0.15) is 0 Å². The van der Waals surface area contributed by atoms with Gasteiger partial charge in [-0.3, -0.25) is 4.79 Å². The summed E-state index contributed by atoms with van der Waals surface area (Å²) in [7, 11) is 1.72. The Morgan fingerprint density at radius 2 is 2.14 bits per heavy atom. The molecule has 0 spiro atoms. The fraction of sp³-hybridized carbons (Fsp3) is 0.143. The minimum atomic E-state index is -0.116. The van der Waals surface area contributed by atoms with E-state index in [4.69, 9.17) is 4.74 Å². The van der Waals surface area contributed by atoms with Crippen molar-refractivity contribution in [3.05, 3.63) is 47.1 Å². The summed E-state index contributed by atoms with van der Waals surface area (Å²) in [5, 5.41) is 5.49. The second-order valence-corrected chi connectivity index (χ2v) is 4.94. The average Bonchev–Trinajstić information content (AvgIpc) is 2.41. The van der Waals surface area contributed by atoms with Crippen molar-refractivity contribution in [2.45, 2.75) is 0 Å². The average molecular weight is 373 g/mol. The van der Waals surface area contributed by atoms with Gasteiger partial charge in [0.25, 0.3) is 0 Å². The molecule has 2 N–H and O–H groups in total. The number of pyridine rings is 1. The van der Waals surface area contributed by atoms with Gasteiger partial charge < -0.3 is 15.4 Å². The highest BCUT2D eigenvalue weighted by atomic mass is 79.9. The predicted molar refractivity (Wildman–Crippen MR) is 88.3 cm³/mol. The molecular weight excluding hydrogens is 358 g/mol. The lowest BCUT2D eigenvalue weighted by Gasteiger charge is -2.07. The second-order valence-electron chi connectivity index (χ2n) is 4.02. The normalized spacial score (nSPS) is 9.62. The molecule has 0 unspecified atom stereocenters. The Kier molecular flexibility index (Phi) is 7.14. The van der Waals surface area contributed by atoms with E-state index in [0.717, 1.165) is 4.47 Å². The fourth-order valence-corrected chi connectivity index (χ4v) is 1.91. The minimum Gasteiger partial charge on any atom is -0.439 e. The van der Waals surface area contributed by atoms with Gasteiger partial charge in [-0.15, -0.1) is 12.4 Å². The third-order valence-corrected chi connectivity index (χ3v) is 2.87. The Labute approximate surface area is 137 Å². The Hall–Kier alpha value is -1.63. The molecule has 1 heterocycles. The number of aromatic nitrogens is 1. The van der Waals surface area contributed by atoms with E-state index in [9.17, 15) is 4.79 Å². The zero-order chi connectivity index (χ0) is 14.4. The van der Waals surface area contributed by atoms with Gasteiger partial charge in [0.15, 0.2) is 0 Å². The van der Waals surface area contributed by atoms with E-state index in [-0.39, 0.29) is 24.9 Å². The van der Waals surface area contributed by atoms with E-state index in [1.807, 2.05) is 24.3 Å². The van der Waals surface area contributed by atoms with E-state index >= 15 is 0 Å². The molecule has 2 aromatic rings. The van der Waals surface area contributed by atoms with E-state index in [1.54, 1.807) is 25.4 Å². The molecule has 0 fully saturated rings. The number of carbonyl (C=O) groups excluding carboxylic acids is 1. The van der Waals surface area contributed by atoms with Crippen LogP contribution in [0.15, 0.2) is 47.1 Å². The number of hydrogen-bond acceptors (Lipinski definition) is 4. The lowest BCUT2D eigenvalue weighted by atomic mass is 10.3. The van der Waals surface area contributed by atoms with Crippen LogP contribution in [0.25, 0.3) is 0 Å². The zero-order valence-corrected chi connectivity index (χ0v) is 13.7. The Morgan fingerprint density at radius 1 is 1.33 bits per heavy atom. The van der Waals surface area contributed by atoms with Crippen LogP contribution in [0.4, 0.5) is 5.69 Å². The first kappa shape index (κ1) is 17.4. The van der Waals surface area contributed by atoms with Crippen LogP contribution in [-0.2, 0) is 4.79 Å². The first-order valence-corrected chi connectivity index (χ1v) is 6.80. The van der Waals surface area contributed by atoms with Crippen molar-refractivity contribution in [2.75, 3.05) is 18.9 Å². The topological polar surface area (TPSA) is 63.2 Å². The number of amides is 1. The maximum atomic E-state index is 11.4. The lowest BCUT2D eigenvalue weighted by molar-refractivity contribution is -0.115. The van der Waals surface area contributed by atoms with Crippen LogP contribution in [0.5, 0.6) is 11.6 Å². The van der Waals surface area contributed by atoms with Crippen molar-refractivity contribution in [2.24, 2.45) is 0 Å². The molecule has 0 aliphatic rings. The highest BCUT2D eigenvalue weighted by molar-refractivity contribution is 9.10. The monoisotopic (exact) mass is 371 g/mol. The van der Waals surface area contributed by atoms with Gasteiger partial charge in [0.05, 0.1) is 18.4 Å². The Morgan fingerprint density at radius 3 is 2.76 bits per heavy atom. The van der Waals surface area contributed by atoms with Crippen molar-refractivity contribution >= 4 is 39.9 Å². The van der Waals surface area contributed by atoms with Crippen molar-refractivity contribution < 1.29 is 9.53 Å². The number of hydrogen-bond donors (Lipinski definition) is 2. The smallest absolute Gasteiger partial charge is 0.238 e. The van der Waals surface area contributed by atoms with E-state index in [0.29, 0.717) is 17.3 Å². The predicted octanol–water partition coefficient (Wildman–Crippen LogP) is 3.22. The molecule has 21 heavy (non-hydrogen) atoms. The van der Waals surface area contributed by atoms with Crippen LogP contribution in [0, 0.1) is 0 Å². The highest BCUT2D eigenvalue weighted by Gasteiger charge is 2.03. The third-order valence-electron chi connectivity index (χ3n) is 2.38. The van der Waals surface area contributed by atoms with Crippen molar-refractivity contribution in [3.63, 3.8) is 0 Å². The Balaban J connectivity index is 0.00000220. The van der Waals surface area contributed by atoms with Gasteiger partial charge in [0.2, 0.25) is 11.8 Å². The third kappa shape index (κ3) is 5.71. The molecule has 2 rings (SSSR count). The van der Waals surface area contributed by atoms with Gasteiger partial charge in [-0.1, -0.05) is 22.0 Å². The second kappa shape index (κ2) is 8.61. The van der Waals surface area contributed by atoms with Crippen LogP contribution < -0.4 is 15.4 Å². The Bertz CT molecular complexity index is 593. The molecule has 0 aliphatic carbocycles. The zero-order valence-electron chi connectivity index (χ0n) is 11.3. The molecule has 0 radical (unpaired) electrons. The summed E-state index contributed by atoms with van der Waals surface area (Å²) in [4.78, 5) is 15.5. The number of rotatable bonds is 5. The molecule has 1 amide bonds. The van der Waals surface area contributed by atoms with Crippen LogP contribution in [0.3, 0.4) is 0 Å². The number of carbonyl (C=O) groups is 1. The minimum absolute atomic E-state index is 0. The number of benzene rings is 1. The maximum Gasteiger partial charge on any atom is 0.238 e. The molecule has 1 aromatic heterocycles. The summed E-state index contributed by atoms with van der Waals surface area (Å²) < 4.78 is 6.54. The van der Waals surface area contributed by atoms with Gasteiger partial charge in [0, 0.05) is 10.5 Å². The molecule has 5 nitrogen and oxygen atoms in total. The standard InChI is InChI=1S/C14H14BrN3O2.ClH/c1-16-9-13(19)18-11-5-6-14(17-8-11)20-12-4-2-3-10(15)7-12;/h2-8,16H,9H2,1H3,(H,18,19);1H. The number of likely N-dealkylation sites (N-methyl/N-ethyl adjacent to an activating group) is 1. The maximum absolute atomic E-state index is 11.4. The van der Waals surface area contributed by atoms with Crippen LogP contribution >= 0.6 is 28.3 Å². The molecule has 1 aromatic carbocycles. The summed E-state index contributed by atoms with van der Waals surface area (Å²) in [5.74, 6) is 1.04. The van der Waals surface area contributed by atoms with Gasteiger partial charge in [-0.05, 0) is 31.3 Å². The number of nitrogens with zero attached hydrogens (tertiary/aromatic N) is 1. The number of ether oxygens (including phenoxy) is 1. The largest absolute Gasteiger partial charge is 0.439 e. The molecule has 7 heteroatoms. The molecule has 0 bridgehead atoms. The molecule has 0 atom stereocenters. The van der Waals surface area contributed by atoms with Crippen molar-refractivity contribution in [1.29, 1.82) is 0 Å². The number of nitrogens with one attached hydrogen (secondary N) is 2. The van der Waals surface area contributed by atoms with Crippen molar-refractivity contribution in [1.82, 2.24) is 10.3 Å². The van der Waals surface area contributed by atoms with E-state index < -0.39 is 0 Å². The van der Waals surface area contributed by atoms with Crippen LogP contribution in [-0.4, -0.2) is 24.5 Å². The SMILES string of the molecule is CNCC(=O)Nc1ccc(Oc2cccc(Br)c2)nc1.Cl. The van der Waals surface area contributed by atoms with E-state index in [2.05, 4.69) is 31.5 Å². The molecule has 112 valence electrons. The van der Waals surface area contributed by atoms with Crippen molar-refractivity contribution in [3.8, 4) is 11.6 Å². The van der Waals surface area contributed by atoms with Crippen LogP contribution in [0.2, 0.25) is 0 Å². The highest BCUT2D eigenvalue weighted by Crippen LogP contribution is 2.23. The molecule has 0 saturated carbocycles. The molecule has 0 saturated heterocycles. The van der Waals surface area contributed by atoms with Gasteiger partial charge in [0.1, 0.15) is 5.75 Å². The van der Waals surface area contributed by atoms with E-state index in [1.165, 1.54) is 0 Å². The van der Waals surface area contributed by atoms with Gasteiger partial charge in [-0.25, -0.2) is 4.98 Å². The summed E-state index contributed by atoms with van der Waals surface area (Å²) in [6.45, 7) is 0.260. The lowest BCUT2D eigenvalue weighted by Crippen LogP contribution is -2.25. The first-order chi connectivity index (χ1) is 9.67.